The van der Waals surface area contributed by atoms with E-state index in [1.807, 2.05) is 19.1 Å². The molecule has 1 aromatic carbocycles. The number of amides is 2. The fraction of sp³-hybridized carbons (Fsp3) is 0.364. The summed E-state index contributed by atoms with van der Waals surface area (Å²) >= 11 is 0. The Morgan fingerprint density at radius 2 is 2.20 bits per heavy atom. The van der Waals surface area contributed by atoms with Gasteiger partial charge in [0.2, 0.25) is 11.8 Å². The van der Waals surface area contributed by atoms with Crippen molar-refractivity contribution in [3.8, 4) is 0 Å². The number of fused-ring (bicyclic) bond motifs is 3. The number of carbonyl (C=O) groups is 2. The Kier molecular flexibility index (Phi) is 4.49. The van der Waals surface area contributed by atoms with E-state index in [4.69, 9.17) is 4.42 Å². The van der Waals surface area contributed by atoms with Gasteiger partial charge in [-0.2, -0.15) is 0 Å². The molecule has 0 spiro atoms. The van der Waals surface area contributed by atoms with Gasteiger partial charge in [-0.3, -0.25) is 9.59 Å². The highest BCUT2D eigenvalue weighted by molar-refractivity contribution is 6.01. The standard InChI is InChI=1S/C22H21FN4O3/c1-11-7-14-13-10-15(13)19(20(28)24-18(14)16(23)8-11)25-21(29)22-27-26-17(30-22)9-12-5-3-2-4-6-12/h3,5-8,13,15,19H,2,4,9-10H2,1H3,(H,24,28)(H,25,29)/t13-,15-,19-/m1/s1. The zero-order valence-corrected chi connectivity index (χ0v) is 16.4. The quantitative estimate of drug-likeness (QED) is 0.810. The minimum Gasteiger partial charge on any atom is -0.417 e. The van der Waals surface area contributed by atoms with E-state index in [0.717, 1.165) is 29.5 Å². The van der Waals surface area contributed by atoms with Gasteiger partial charge in [-0.05, 0) is 60.8 Å². The lowest BCUT2D eigenvalue weighted by molar-refractivity contribution is -0.118. The van der Waals surface area contributed by atoms with Crippen molar-refractivity contribution >= 4 is 17.5 Å². The van der Waals surface area contributed by atoms with E-state index in [-0.39, 0.29) is 23.4 Å². The first-order chi connectivity index (χ1) is 14.5. The van der Waals surface area contributed by atoms with E-state index >= 15 is 0 Å². The zero-order chi connectivity index (χ0) is 20.8. The molecule has 0 bridgehead atoms. The number of aromatic nitrogens is 2. The minimum atomic E-state index is -0.783. The fourth-order valence-corrected chi connectivity index (χ4v) is 4.30. The number of nitrogens with zero attached hydrogens (tertiary/aromatic N) is 2. The van der Waals surface area contributed by atoms with Gasteiger partial charge in [0.1, 0.15) is 11.9 Å². The SMILES string of the molecule is Cc1cc(F)c2c(c1)[C@H]1C[C@H]1[C@@H](NC(=O)c1nnc(CC3=CCCC=C3)o1)C(=O)N2. The second-order valence-corrected chi connectivity index (χ2v) is 8.09. The summed E-state index contributed by atoms with van der Waals surface area (Å²) in [7, 11) is 0. The van der Waals surface area contributed by atoms with Crippen LogP contribution in [0.2, 0.25) is 0 Å². The molecule has 2 aliphatic carbocycles. The summed E-state index contributed by atoms with van der Waals surface area (Å²) in [4.78, 5) is 25.4. The van der Waals surface area contributed by atoms with Crippen molar-refractivity contribution in [1.82, 2.24) is 15.5 Å². The molecule has 30 heavy (non-hydrogen) atoms. The zero-order valence-electron chi connectivity index (χ0n) is 16.4. The lowest BCUT2D eigenvalue weighted by atomic mass is 10.0. The Morgan fingerprint density at radius 1 is 1.33 bits per heavy atom. The maximum Gasteiger partial charge on any atom is 0.309 e. The number of hydrogen-bond acceptors (Lipinski definition) is 5. The van der Waals surface area contributed by atoms with Crippen LogP contribution in [0.1, 0.15) is 52.9 Å². The summed E-state index contributed by atoms with van der Waals surface area (Å²) in [6.45, 7) is 1.82. The normalized spacial score (nSPS) is 24.3. The van der Waals surface area contributed by atoms with Crippen LogP contribution in [0.3, 0.4) is 0 Å². The lowest BCUT2D eigenvalue weighted by Crippen LogP contribution is -2.45. The molecule has 2 N–H and O–H groups in total. The van der Waals surface area contributed by atoms with Gasteiger partial charge in [0, 0.05) is 0 Å². The molecule has 1 aliphatic heterocycles. The molecular weight excluding hydrogens is 387 g/mol. The second kappa shape index (κ2) is 7.19. The summed E-state index contributed by atoms with van der Waals surface area (Å²) < 4.78 is 19.9. The number of rotatable bonds is 4. The van der Waals surface area contributed by atoms with Gasteiger partial charge in [-0.25, -0.2) is 4.39 Å². The van der Waals surface area contributed by atoms with Crippen molar-refractivity contribution in [3.05, 3.63) is 64.7 Å². The van der Waals surface area contributed by atoms with E-state index in [9.17, 15) is 14.0 Å². The molecule has 2 amide bonds. The van der Waals surface area contributed by atoms with Gasteiger partial charge in [-0.1, -0.05) is 24.3 Å². The third-order valence-electron chi connectivity index (χ3n) is 5.84. The predicted octanol–water partition coefficient (Wildman–Crippen LogP) is 3.19. The molecule has 0 unspecified atom stereocenters. The number of aryl methyl sites for hydroxylation is 1. The number of nitrogens with one attached hydrogen (secondary N) is 2. The Labute approximate surface area is 172 Å². The molecule has 1 saturated carbocycles. The molecule has 3 atom stereocenters. The van der Waals surface area contributed by atoms with Crippen molar-refractivity contribution in [2.24, 2.45) is 5.92 Å². The van der Waals surface area contributed by atoms with Crippen LogP contribution in [0.4, 0.5) is 10.1 Å². The molecule has 2 heterocycles. The van der Waals surface area contributed by atoms with E-state index in [2.05, 4.69) is 33.0 Å². The molecule has 8 heteroatoms. The van der Waals surface area contributed by atoms with E-state index < -0.39 is 23.7 Å². The minimum absolute atomic E-state index is 0.0296. The molecule has 154 valence electrons. The van der Waals surface area contributed by atoms with Gasteiger partial charge in [0.15, 0.2) is 0 Å². The van der Waals surface area contributed by atoms with E-state index in [1.54, 1.807) is 0 Å². The van der Waals surface area contributed by atoms with Crippen LogP contribution >= 0.6 is 0 Å². The highest BCUT2D eigenvalue weighted by Crippen LogP contribution is 2.54. The number of halogens is 1. The van der Waals surface area contributed by atoms with Gasteiger partial charge >= 0.3 is 11.8 Å². The first-order valence-corrected chi connectivity index (χ1v) is 10.1. The average molecular weight is 408 g/mol. The summed E-state index contributed by atoms with van der Waals surface area (Å²) in [6.07, 6.45) is 9.34. The third-order valence-corrected chi connectivity index (χ3v) is 5.84. The summed E-state index contributed by atoms with van der Waals surface area (Å²) in [5.41, 5.74) is 2.87. The number of benzene rings is 1. The molecule has 3 aliphatic rings. The van der Waals surface area contributed by atoms with Crippen LogP contribution in [-0.4, -0.2) is 28.1 Å². The maximum absolute atomic E-state index is 14.4. The molecule has 1 fully saturated rings. The van der Waals surface area contributed by atoms with Crippen molar-refractivity contribution in [1.29, 1.82) is 0 Å². The van der Waals surface area contributed by atoms with Crippen LogP contribution in [0.15, 0.2) is 40.4 Å². The number of hydrogen-bond donors (Lipinski definition) is 2. The molecule has 2 aromatic rings. The van der Waals surface area contributed by atoms with E-state index in [1.165, 1.54) is 6.07 Å². The van der Waals surface area contributed by atoms with Crippen LogP contribution in [0, 0.1) is 18.7 Å². The first-order valence-electron chi connectivity index (χ1n) is 10.1. The average Bonchev–Trinajstić information content (AvgIpc) is 3.39. The van der Waals surface area contributed by atoms with Gasteiger partial charge in [-0.15, -0.1) is 10.2 Å². The van der Waals surface area contributed by atoms with Crippen LogP contribution < -0.4 is 10.6 Å². The number of carbonyl (C=O) groups excluding carboxylic acids is 2. The smallest absolute Gasteiger partial charge is 0.309 e. The van der Waals surface area contributed by atoms with Gasteiger partial charge < -0.3 is 15.1 Å². The Balaban J connectivity index is 1.30. The molecular formula is C22H21FN4O3. The summed E-state index contributed by atoms with van der Waals surface area (Å²) in [5.74, 6) is -1.39. The summed E-state index contributed by atoms with van der Waals surface area (Å²) in [5, 5.41) is 13.1. The second-order valence-electron chi connectivity index (χ2n) is 8.09. The Bertz CT molecular complexity index is 1100. The van der Waals surface area contributed by atoms with Crippen molar-refractivity contribution in [3.63, 3.8) is 0 Å². The van der Waals surface area contributed by atoms with E-state index in [0.29, 0.717) is 18.7 Å². The van der Waals surface area contributed by atoms with Crippen molar-refractivity contribution in [2.45, 2.75) is 44.6 Å². The highest BCUT2D eigenvalue weighted by Gasteiger charge is 2.51. The topological polar surface area (TPSA) is 97.1 Å². The maximum atomic E-state index is 14.4. The predicted molar refractivity (Wildman–Crippen MR) is 106 cm³/mol. The molecule has 7 nitrogen and oxygen atoms in total. The van der Waals surface area contributed by atoms with Gasteiger partial charge in [0.25, 0.3) is 0 Å². The Hall–Kier alpha value is -3.29. The van der Waals surface area contributed by atoms with Gasteiger partial charge in [0.05, 0.1) is 12.1 Å². The first kappa shape index (κ1) is 18.7. The molecule has 0 saturated heterocycles. The lowest BCUT2D eigenvalue weighted by Gasteiger charge is -2.15. The number of allylic oxidation sites excluding steroid dienone is 4. The summed E-state index contributed by atoms with van der Waals surface area (Å²) in [6, 6.07) is 2.51. The van der Waals surface area contributed by atoms with Crippen LogP contribution in [-0.2, 0) is 11.2 Å². The molecule has 1 aromatic heterocycles. The molecule has 5 rings (SSSR count). The van der Waals surface area contributed by atoms with Crippen LogP contribution in [0.25, 0.3) is 0 Å². The van der Waals surface area contributed by atoms with Crippen molar-refractivity contribution in [2.75, 3.05) is 5.32 Å². The monoisotopic (exact) mass is 408 g/mol. The Morgan fingerprint density at radius 3 is 3.00 bits per heavy atom. The fourth-order valence-electron chi connectivity index (χ4n) is 4.30. The van der Waals surface area contributed by atoms with Crippen LogP contribution in [0.5, 0.6) is 0 Å². The molecule has 0 radical (unpaired) electrons. The number of anilines is 1. The highest BCUT2D eigenvalue weighted by atomic mass is 19.1. The largest absolute Gasteiger partial charge is 0.417 e. The third kappa shape index (κ3) is 3.42. The van der Waals surface area contributed by atoms with Crippen molar-refractivity contribution < 1.29 is 18.4 Å².